The molecule has 27 heavy (non-hydrogen) atoms. The Hall–Kier alpha value is -2.62. The molecule has 0 fully saturated rings. The lowest BCUT2D eigenvalue weighted by atomic mass is 9.85. The first kappa shape index (κ1) is 20.7. The van der Waals surface area contributed by atoms with E-state index in [1.54, 1.807) is 12.1 Å². The normalized spacial score (nSPS) is 11.9. The Morgan fingerprint density at radius 1 is 1.04 bits per heavy atom. The van der Waals surface area contributed by atoms with Gasteiger partial charge in [0.1, 0.15) is 5.75 Å². The Bertz CT molecular complexity index is 779. The summed E-state index contributed by atoms with van der Waals surface area (Å²) >= 11 is 0. The quantitative estimate of drug-likeness (QED) is 0.464. The molecule has 1 unspecified atom stereocenters. The summed E-state index contributed by atoms with van der Waals surface area (Å²) in [5.74, 6) is 0.374. The fraction of sp³-hybridized carbons (Fsp3) is 0.391. The zero-order valence-corrected chi connectivity index (χ0v) is 16.5. The van der Waals surface area contributed by atoms with Crippen molar-refractivity contribution in [1.29, 1.82) is 0 Å². The number of carbonyl (C=O) groups is 2. The van der Waals surface area contributed by atoms with Crippen molar-refractivity contribution in [3.05, 3.63) is 65.2 Å². The van der Waals surface area contributed by atoms with Gasteiger partial charge < -0.3 is 9.47 Å². The average molecular weight is 368 g/mol. The van der Waals surface area contributed by atoms with Gasteiger partial charge in [-0.1, -0.05) is 50.2 Å². The number of methoxy groups -OCH3 is 1. The van der Waals surface area contributed by atoms with E-state index in [9.17, 15) is 9.59 Å². The van der Waals surface area contributed by atoms with Crippen LogP contribution in [0.2, 0.25) is 0 Å². The third-order valence-corrected chi connectivity index (χ3v) is 4.45. The van der Waals surface area contributed by atoms with E-state index in [1.807, 2.05) is 43.3 Å². The molecule has 0 aliphatic carbocycles. The maximum atomic E-state index is 13.3. The lowest BCUT2D eigenvalue weighted by Gasteiger charge is -2.19. The first-order valence-corrected chi connectivity index (χ1v) is 9.31. The van der Waals surface area contributed by atoms with Gasteiger partial charge in [0.05, 0.1) is 13.7 Å². The molecule has 2 aromatic carbocycles. The molecular weight excluding hydrogens is 340 g/mol. The lowest BCUT2D eigenvalue weighted by Crippen LogP contribution is -2.16. The number of ether oxygens (including phenoxy) is 2. The molecule has 0 N–H and O–H groups in total. The van der Waals surface area contributed by atoms with Crippen LogP contribution in [0, 0.1) is 12.8 Å². The topological polar surface area (TPSA) is 52.6 Å². The SMILES string of the molecule is COC(=O)CCC(C(=O)c1cccc(OCC(C)C)c1)c1ccccc1C. The molecule has 144 valence electrons. The molecule has 0 amide bonds. The second-order valence-corrected chi connectivity index (χ2v) is 7.12. The highest BCUT2D eigenvalue weighted by atomic mass is 16.5. The smallest absolute Gasteiger partial charge is 0.305 e. The molecule has 0 bridgehead atoms. The van der Waals surface area contributed by atoms with Crippen molar-refractivity contribution in [3.63, 3.8) is 0 Å². The number of esters is 1. The number of carbonyl (C=O) groups excluding carboxylic acids is 2. The van der Waals surface area contributed by atoms with Crippen LogP contribution in [0.4, 0.5) is 0 Å². The third-order valence-electron chi connectivity index (χ3n) is 4.45. The average Bonchev–Trinajstić information content (AvgIpc) is 2.67. The van der Waals surface area contributed by atoms with Crippen LogP contribution in [0.5, 0.6) is 5.75 Å². The zero-order chi connectivity index (χ0) is 19.8. The summed E-state index contributed by atoms with van der Waals surface area (Å²) in [5, 5.41) is 0. The van der Waals surface area contributed by atoms with E-state index in [0.29, 0.717) is 30.3 Å². The van der Waals surface area contributed by atoms with E-state index in [1.165, 1.54) is 7.11 Å². The Labute approximate surface area is 161 Å². The fourth-order valence-corrected chi connectivity index (χ4v) is 2.97. The van der Waals surface area contributed by atoms with Gasteiger partial charge in [0.25, 0.3) is 0 Å². The Morgan fingerprint density at radius 2 is 1.78 bits per heavy atom. The maximum Gasteiger partial charge on any atom is 0.305 e. The summed E-state index contributed by atoms with van der Waals surface area (Å²) in [7, 11) is 1.36. The van der Waals surface area contributed by atoms with Gasteiger partial charge in [0, 0.05) is 17.9 Å². The van der Waals surface area contributed by atoms with E-state index in [0.717, 1.165) is 11.1 Å². The van der Waals surface area contributed by atoms with Crippen molar-refractivity contribution in [2.75, 3.05) is 13.7 Å². The van der Waals surface area contributed by atoms with Crippen LogP contribution in [-0.4, -0.2) is 25.5 Å². The molecular formula is C23H28O4. The van der Waals surface area contributed by atoms with Gasteiger partial charge in [-0.25, -0.2) is 0 Å². The largest absolute Gasteiger partial charge is 0.493 e. The summed E-state index contributed by atoms with van der Waals surface area (Å²) in [6.45, 7) is 6.74. The Kier molecular flexibility index (Phi) is 7.59. The molecule has 2 rings (SSSR count). The van der Waals surface area contributed by atoms with Crippen LogP contribution in [0.15, 0.2) is 48.5 Å². The van der Waals surface area contributed by atoms with Crippen molar-refractivity contribution < 1.29 is 19.1 Å². The first-order valence-electron chi connectivity index (χ1n) is 9.31. The second kappa shape index (κ2) is 9.91. The summed E-state index contributed by atoms with van der Waals surface area (Å²) in [6, 6.07) is 15.1. The van der Waals surface area contributed by atoms with Gasteiger partial charge >= 0.3 is 5.97 Å². The zero-order valence-electron chi connectivity index (χ0n) is 16.5. The highest BCUT2D eigenvalue weighted by molar-refractivity contribution is 6.01. The highest BCUT2D eigenvalue weighted by Crippen LogP contribution is 2.29. The van der Waals surface area contributed by atoms with E-state index >= 15 is 0 Å². The van der Waals surface area contributed by atoms with Crippen molar-refractivity contribution >= 4 is 11.8 Å². The minimum atomic E-state index is -0.398. The number of aryl methyl sites for hydroxylation is 1. The number of Topliss-reactive ketones (excluding diaryl/α,β-unsaturated/α-hetero) is 1. The molecule has 0 radical (unpaired) electrons. The van der Waals surface area contributed by atoms with Crippen molar-refractivity contribution in [1.82, 2.24) is 0 Å². The lowest BCUT2D eigenvalue weighted by molar-refractivity contribution is -0.140. The molecule has 0 aliphatic heterocycles. The predicted molar refractivity (Wildman–Crippen MR) is 106 cm³/mol. The molecule has 0 spiro atoms. The van der Waals surface area contributed by atoms with Gasteiger partial charge in [-0.15, -0.1) is 0 Å². The van der Waals surface area contributed by atoms with Gasteiger partial charge in [-0.3, -0.25) is 9.59 Å². The Balaban J connectivity index is 2.29. The molecule has 0 heterocycles. The molecule has 0 saturated carbocycles. The van der Waals surface area contributed by atoms with Crippen molar-refractivity contribution in [3.8, 4) is 5.75 Å². The monoisotopic (exact) mass is 368 g/mol. The number of hydrogen-bond donors (Lipinski definition) is 0. The van der Waals surface area contributed by atoms with E-state index in [-0.39, 0.29) is 18.2 Å². The van der Waals surface area contributed by atoms with Crippen LogP contribution in [0.1, 0.15) is 54.1 Å². The highest BCUT2D eigenvalue weighted by Gasteiger charge is 2.24. The van der Waals surface area contributed by atoms with E-state index in [4.69, 9.17) is 9.47 Å². The fourth-order valence-electron chi connectivity index (χ4n) is 2.97. The standard InChI is InChI=1S/C23H28O4/c1-16(2)15-27-19-10-7-9-18(14-19)23(25)21(12-13-22(24)26-4)20-11-6-5-8-17(20)3/h5-11,14,16,21H,12-13,15H2,1-4H3. The van der Waals surface area contributed by atoms with Gasteiger partial charge in [0.2, 0.25) is 0 Å². The molecule has 0 aliphatic rings. The maximum absolute atomic E-state index is 13.3. The molecule has 0 saturated heterocycles. The van der Waals surface area contributed by atoms with Gasteiger partial charge in [0.15, 0.2) is 5.78 Å². The number of rotatable bonds is 9. The minimum absolute atomic E-state index is 0.0109. The van der Waals surface area contributed by atoms with Gasteiger partial charge in [-0.2, -0.15) is 0 Å². The van der Waals surface area contributed by atoms with Crippen LogP contribution in [0.3, 0.4) is 0 Å². The summed E-state index contributed by atoms with van der Waals surface area (Å²) in [5.41, 5.74) is 2.57. The molecule has 4 heteroatoms. The Morgan fingerprint density at radius 3 is 2.44 bits per heavy atom. The van der Waals surface area contributed by atoms with Crippen molar-refractivity contribution in [2.24, 2.45) is 5.92 Å². The summed E-state index contributed by atoms with van der Waals surface area (Å²) < 4.78 is 10.5. The van der Waals surface area contributed by atoms with Crippen LogP contribution < -0.4 is 4.74 Å². The van der Waals surface area contributed by atoms with Gasteiger partial charge in [-0.05, 0) is 42.5 Å². The third kappa shape index (κ3) is 5.95. The minimum Gasteiger partial charge on any atom is -0.493 e. The molecule has 1 atom stereocenters. The van der Waals surface area contributed by atoms with Crippen LogP contribution >= 0.6 is 0 Å². The van der Waals surface area contributed by atoms with Crippen LogP contribution in [-0.2, 0) is 9.53 Å². The van der Waals surface area contributed by atoms with E-state index < -0.39 is 5.92 Å². The summed E-state index contributed by atoms with van der Waals surface area (Å²) in [4.78, 5) is 24.9. The number of ketones is 1. The number of hydrogen-bond acceptors (Lipinski definition) is 4. The molecule has 4 nitrogen and oxygen atoms in total. The van der Waals surface area contributed by atoms with Crippen LogP contribution in [0.25, 0.3) is 0 Å². The van der Waals surface area contributed by atoms with E-state index in [2.05, 4.69) is 13.8 Å². The molecule has 0 aromatic heterocycles. The molecule has 2 aromatic rings. The predicted octanol–water partition coefficient (Wildman–Crippen LogP) is 4.95. The first-order chi connectivity index (χ1) is 12.9. The second-order valence-electron chi connectivity index (χ2n) is 7.12. The van der Waals surface area contributed by atoms with Crippen molar-refractivity contribution in [2.45, 2.75) is 39.5 Å². The number of benzene rings is 2. The summed E-state index contributed by atoms with van der Waals surface area (Å²) in [6.07, 6.45) is 0.609.